The summed E-state index contributed by atoms with van der Waals surface area (Å²) in [6, 6.07) is 4.76. The number of aryl methyl sites for hydroxylation is 1. The first-order valence-corrected chi connectivity index (χ1v) is 5.89. The lowest BCUT2D eigenvalue weighted by Crippen LogP contribution is -2.21. The van der Waals surface area contributed by atoms with E-state index in [1.807, 2.05) is 0 Å². The van der Waals surface area contributed by atoms with Crippen molar-refractivity contribution >= 4 is 11.6 Å². The fourth-order valence-corrected chi connectivity index (χ4v) is 1.48. The maximum atomic E-state index is 12.0. The molecule has 6 heteroatoms. The minimum Gasteiger partial charge on any atom is -0.395 e. The number of carbonyl (C=O) groups is 1. The summed E-state index contributed by atoms with van der Waals surface area (Å²) in [5.41, 5.74) is 1.62. The van der Waals surface area contributed by atoms with Crippen molar-refractivity contribution in [3.8, 4) is 11.8 Å². The van der Waals surface area contributed by atoms with Crippen LogP contribution >= 0.6 is 0 Å². The third-order valence-corrected chi connectivity index (χ3v) is 2.33. The molecule has 0 saturated carbocycles. The molecular formula is C14H14F3NO2. The SMILES string of the molecule is Cc1cc(C#CCCO)ccc1NC(=O)CC(F)(F)F. The van der Waals surface area contributed by atoms with E-state index in [1.54, 1.807) is 19.1 Å². The van der Waals surface area contributed by atoms with Gasteiger partial charge in [-0.1, -0.05) is 11.8 Å². The number of carbonyl (C=O) groups excluding carboxylic acids is 1. The molecule has 0 unspecified atom stereocenters. The Morgan fingerprint density at radius 2 is 2.10 bits per heavy atom. The summed E-state index contributed by atoms with van der Waals surface area (Å²) in [5.74, 6) is 4.44. The summed E-state index contributed by atoms with van der Waals surface area (Å²) < 4.78 is 36.1. The Labute approximate surface area is 114 Å². The molecule has 2 N–H and O–H groups in total. The molecule has 0 atom stereocenters. The van der Waals surface area contributed by atoms with Crippen molar-refractivity contribution in [1.29, 1.82) is 0 Å². The summed E-state index contributed by atoms with van der Waals surface area (Å²) in [6.45, 7) is 1.64. The second-order valence-electron chi connectivity index (χ2n) is 4.15. The Kier molecular flexibility index (Phi) is 5.59. The van der Waals surface area contributed by atoms with Crippen molar-refractivity contribution in [2.75, 3.05) is 11.9 Å². The van der Waals surface area contributed by atoms with Crippen molar-refractivity contribution in [2.24, 2.45) is 0 Å². The molecule has 0 aliphatic carbocycles. The van der Waals surface area contributed by atoms with Crippen LogP contribution in [0.5, 0.6) is 0 Å². The van der Waals surface area contributed by atoms with Gasteiger partial charge in [-0.2, -0.15) is 13.2 Å². The third kappa shape index (κ3) is 5.76. The zero-order valence-electron chi connectivity index (χ0n) is 10.8. The van der Waals surface area contributed by atoms with Crippen LogP contribution in [0.25, 0.3) is 0 Å². The van der Waals surface area contributed by atoms with Crippen LogP contribution in [-0.4, -0.2) is 23.8 Å². The highest BCUT2D eigenvalue weighted by atomic mass is 19.4. The van der Waals surface area contributed by atoms with Gasteiger partial charge >= 0.3 is 6.18 Å². The molecule has 0 aliphatic rings. The van der Waals surface area contributed by atoms with Crippen LogP contribution < -0.4 is 5.32 Å². The first kappa shape index (κ1) is 16.1. The highest BCUT2D eigenvalue weighted by Gasteiger charge is 2.31. The van der Waals surface area contributed by atoms with Gasteiger partial charge in [0.25, 0.3) is 0 Å². The van der Waals surface area contributed by atoms with Gasteiger partial charge in [0.15, 0.2) is 0 Å². The molecule has 0 spiro atoms. The van der Waals surface area contributed by atoms with E-state index in [0.29, 0.717) is 23.2 Å². The lowest BCUT2D eigenvalue weighted by molar-refractivity contribution is -0.150. The summed E-state index contributed by atoms with van der Waals surface area (Å²) in [7, 11) is 0. The van der Waals surface area contributed by atoms with E-state index in [0.717, 1.165) is 0 Å². The topological polar surface area (TPSA) is 49.3 Å². The minimum absolute atomic E-state index is 0.0302. The van der Waals surface area contributed by atoms with Gasteiger partial charge < -0.3 is 10.4 Å². The predicted octanol–water partition coefficient (Wildman–Crippen LogP) is 2.62. The summed E-state index contributed by atoms with van der Waals surface area (Å²) in [5, 5.41) is 10.8. The highest BCUT2D eigenvalue weighted by molar-refractivity contribution is 5.91. The van der Waals surface area contributed by atoms with Crippen molar-refractivity contribution in [2.45, 2.75) is 25.9 Å². The lowest BCUT2D eigenvalue weighted by Gasteiger charge is -2.10. The molecule has 0 aromatic heterocycles. The maximum Gasteiger partial charge on any atom is 0.397 e. The molecular weight excluding hydrogens is 271 g/mol. The lowest BCUT2D eigenvalue weighted by atomic mass is 10.1. The van der Waals surface area contributed by atoms with Crippen molar-refractivity contribution in [3.05, 3.63) is 29.3 Å². The van der Waals surface area contributed by atoms with Gasteiger partial charge in [-0.3, -0.25) is 4.79 Å². The predicted molar refractivity (Wildman–Crippen MR) is 69.1 cm³/mol. The van der Waals surface area contributed by atoms with Crippen LogP contribution in [0.4, 0.5) is 18.9 Å². The summed E-state index contributed by atoms with van der Waals surface area (Å²) in [6.07, 6.45) is -5.68. The van der Waals surface area contributed by atoms with Crippen molar-refractivity contribution < 1.29 is 23.1 Å². The molecule has 0 heterocycles. The van der Waals surface area contributed by atoms with Crippen molar-refractivity contribution in [1.82, 2.24) is 0 Å². The van der Waals surface area contributed by atoms with Gasteiger partial charge in [0.05, 0.1) is 6.61 Å². The van der Waals surface area contributed by atoms with Crippen LogP contribution in [-0.2, 0) is 4.79 Å². The Hall–Kier alpha value is -2.00. The minimum atomic E-state index is -4.52. The Bertz CT molecular complexity index is 542. The number of halogens is 3. The van der Waals surface area contributed by atoms with Crippen LogP contribution in [0.3, 0.4) is 0 Å². The normalized spacial score (nSPS) is 10.7. The maximum absolute atomic E-state index is 12.0. The summed E-state index contributed by atoms with van der Waals surface area (Å²) >= 11 is 0. The molecule has 1 aromatic carbocycles. The highest BCUT2D eigenvalue weighted by Crippen LogP contribution is 2.22. The monoisotopic (exact) mass is 285 g/mol. The number of aliphatic hydroxyl groups excluding tert-OH is 1. The number of amides is 1. The molecule has 108 valence electrons. The Morgan fingerprint density at radius 1 is 1.40 bits per heavy atom. The van der Waals surface area contributed by atoms with Gasteiger partial charge in [-0.05, 0) is 30.7 Å². The zero-order valence-corrected chi connectivity index (χ0v) is 10.8. The van der Waals surface area contributed by atoms with Crippen LogP contribution in [0.15, 0.2) is 18.2 Å². The van der Waals surface area contributed by atoms with Gasteiger partial charge in [-0.15, -0.1) is 0 Å². The largest absolute Gasteiger partial charge is 0.397 e. The number of rotatable bonds is 3. The van der Waals surface area contributed by atoms with E-state index in [1.165, 1.54) is 6.07 Å². The molecule has 0 fully saturated rings. The fourth-order valence-electron chi connectivity index (χ4n) is 1.48. The van der Waals surface area contributed by atoms with Crippen LogP contribution in [0, 0.1) is 18.8 Å². The number of alkyl halides is 3. The Morgan fingerprint density at radius 3 is 2.65 bits per heavy atom. The quantitative estimate of drug-likeness (QED) is 0.839. The van der Waals surface area contributed by atoms with E-state index in [-0.39, 0.29) is 6.61 Å². The zero-order chi connectivity index (χ0) is 15.2. The molecule has 20 heavy (non-hydrogen) atoms. The van der Waals surface area contributed by atoms with E-state index in [2.05, 4.69) is 17.2 Å². The number of anilines is 1. The number of hydrogen-bond donors (Lipinski definition) is 2. The van der Waals surface area contributed by atoms with Crippen LogP contribution in [0.2, 0.25) is 0 Å². The average molecular weight is 285 g/mol. The van der Waals surface area contributed by atoms with Gasteiger partial charge in [-0.25, -0.2) is 0 Å². The van der Waals surface area contributed by atoms with E-state index in [4.69, 9.17) is 5.11 Å². The molecule has 1 aromatic rings. The molecule has 1 amide bonds. The number of hydrogen-bond acceptors (Lipinski definition) is 2. The second-order valence-corrected chi connectivity index (χ2v) is 4.15. The van der Waals surface area contributed by atoms with E-state index < -0.39 is 18.5 Å². The smallest absolute Gasteiger partial charge is 0.395 e. The van der Waals surface area contributed by atoms with Gasteiger partial charge in [0.1, 0.15) is 6.42 Å². The van der Waals surface area contributed by atoms with E-state index in [9.17, 15) is 18.0 Å². The average Bonchev–Trinajstić information content (AvgIpc) is 2.30. The number of aliphatic hydroxyl groups is 1. The first-order chi connectivity index (χ1) is 9.31. The number of nitrogens with one attached hydrogen (secondary N) is 1. The van der Waals surface area contributed by atoms with Crippen LogP contribution in [0.1, 0.15) is 24.0 Å². The number of benzene rings is 1. The standard InChI is InChI=1S/C14H14F3NO2/c1-10-8-11(4-2-3-7-19)5-6-12(10)18-13(20)9-14(15,16)17/h5-6,8,19H,3,7,9H2,1H3,(H,18,20). The van der Waals surface area contributed by atoms with E-state index >= 15 is 0 Å². The molecule has 0 saturated heterocycles. The summed E-state index contributed by atoms with van der Waals surface area (Å²) in [4.78, 5) is 11.2. The fraction of sp³-hybridized carbons (Fsp3) is 0.357. The van der Waals surface area contributed by atoms with Gasteiger partial charge in [0.2, 0.25) is 5.91 Å². The second kappa shape index (κ2) is 6.96. The molecule has 0 bridgehead atoms. The third-order valence-electron chi connectivity index (χ3n) is 2.33. The molecule has 1 rings (SSSR count). The van der Waals surface area contributed by atoms with Crippen molar-refractivity contribution in [3.63, 3.8) is 0 Å². The molecule has 0 radical (unpaired) electrons. The Balaban J connectivity index is 2.74. The molecule has 3 nitrogen and oxygen atoms in total. The van der Waals surface area contributed by atoms with Gasteiger partial charge in [0, 0.05) is 17.7 Å². The molecule has 0 aliphatic heterocycles. The first-order valence-electron chi connectivity index (χ1n) is 5.89.